The van der Waals surface area contributed by atoms with E-state index in [0.29, 0.717) is 17.7 Å². The number of aryl methyl sites for hydroxylation is 1. The molecule has 1 nitrogen and oxygen atoms in total. The summed E-state index contributed by atoms with van der Waals surface area (Å²) in [4.78, 5) is 0. The SMILES string of the molecule is Cc1ccc(/C=C/c2ccc(-c3cc(F)c(C(F)(F)Oc4cc(F)c(F)c(F)c4)c(F)c3)c(F)c2)cc1. The Morgan fingerprint density at radius 2 is 1.16 bits per heavy atom. The summed E-state index contributed by atoms with van der Waals surface area (Å²) in [6.07, 6.45) is -1.38. The molecule has 0 amide bonds. The minimum Gasteiger partial charge on any atom is -0.429 e. The highest BCUT2D eigenvalue weighted by Crippen LogP contribution is 2.38. The molecule has 0 bridgehead atoms. The number of benzene rings is 4. The maximum absolute atomic E-state index is 14.8. The summed E-state index contributed by atoms with van der Waals surface area (Å²) < 4.78 is 117. The number of rotatable bonds is 6. The number of hydrogen-bond donors (Lipinski definition) is 0. The van der Waals surface area contributed by atoms with E-state index in [0.717, 1.165) is 17.2 Å². The number of hydrogen-bond acceptors (Lipinski definition) is 1. The van der Waals surface area contributed by atoms with Gasteiger partial charge in [-0.3, -0.25) is 0 Å². The van der Waals surface area contributed by atoms with E-state index >= 15 is 0 Å². The van der Waals surface area contributed by atoms with Crippen LogP contribution in [0.15, 0.2) is 66.7 Å². The summed E-state index contributed by atoms with van der Waals surface area (Å²) >= 11 is 0. The van der Waals surface area contributed by atoms with Crippen LogP contribution in [0, 0.1) is 41.8 Å². The quantitative estimate of drug-likeness (QED) is 0.140. The first kappa shape index (κ1) is 25.9. The van der Waals surface area contributed by atoms with Crippen molar-refractivity contribution in [2.75, 3.05) is 0 Å². The van der Waals surface area contributed by atoms with Gasteiger partial charge in [0.1, 0.15) is 28.8 Å². The van der Waals surface area contributed by atoms with E-state index in [1.54, 1.807) is 12.2 Å². The van der Waals surface area contributed by atoms with E-state index in [9.17, 15) is 35.1 Å². The third kappa shape index (κ3) is 5.66. The van der Waals surface area contributed by atoms with E-state index in [2.05, 4.69) is 4.74 Å². The summed E-state index contributed by atoms with van der Waals surface area (Å²) in [5.74, 6) is -11.3. The lowest BCUT2D eigenvalue weighted by Crippen LogP contribution is -2.25. The Morgan fingerprint density at radius 3 is 1.73 bits per heavy atom. The molecular weight excluding hydrogens is 504 g/mol. The van der Waals surface area contributed by atoms with E-state index in [1.807, 2.05) is 31.2 Å². The van der Waals surface area contributed by atoms with Crippen molar-refractivity contribution in [2.24, 2.45) is 0 Å². The minimum absolute atomic E-state index is 0.0979. The minimum atomic E-state index is -4.74. The zero-order chi connectivity index (χ0) is 26.9. The smallest absolute Gasteiger partial charge is 0.429 e. The molecule has 0 spiro atoms. The number of ether oxygens (including phenoxy) is 1. The van der Waals surface area contributed by atoms with Crippen molar-refractivity contribution in [2.45, 2.75) is 13.0 Å². The van der Waals surface area contributed by atoms with Crippen LogP contribution in [0.5, 0.6) is 5.75 Å². The molecule has 0 fully saturated rings. The third-order valence-corrected chi connectivity index (χ3v) is 5.39. The molecule has 0 heterocycles. The van der Waals surface area contributed by atoms with Crippen LogP contribution in [-0.4, -0.2) is 0 Å². The van der Waals surface area contributed by atoms with Crippen LogP contribution in [0.3, 0.4) is 0 Å². The van der Waals surface area contributed by atoms with E-state index in [4.69, 9.17) is 0 Å². The molecule has 0 aromatic heterocycles. The second kappa shape index (κ2) is 10.1. The van der Waals surface area contributed by atoms with Gasteiger partial charge in [-0.1, -0.05) is 54.1 Å². The van der Waals surface area contributed by atoms with Crippen molar-refractivity contribution in [3.63, 3.8) is 0 Å². The predicted octanol–water partition coefficient (Wildman–Crippen LogP) is 8.80. The molecule has 0 N–H and O–H groups in total. The van der Waals surface area contributed by atoms with E-state index in [-0.39, 0.29) is 23.3 Å². The van der Waals surface area contributed by atoms with Gasteiger partial charge in [-0.2, -0.15) is 8.78 Å². The van der Waals surface area contributed by atoms with Gasteiger partial charge in [-0.05, 0) is 41.8 Å². The van der Waals surface area contributed by atoms with Crippen LogP contribution in [0.25, 0.3) is 23.3 Å². The molecule has 4 aromatic rings. The normalized spacial score (nSPS) is 11.8. The van der Waals surface area contributed by atoms with Gasteiger partial charge >= 0.3 is 6.11 Å². The van der Waals surface area contributed by atoms with Crippen molar-refractivity contribution < 1.29 is 39.9 Å². The topological polar surface area (TPSA) is 9.23 Å². The Labute approximate surface area is 206 Å². The molecule has 0 aliphatic heterocycles. The molecule has 0 saturated heterocycles. The second-order valence-corrected chi connectivity index (χ2v) is 8.12. The van der Waals surface area contributed by atoms with Crippen molar-refractivity contribution in [1.29, 1.82) is 0 Å². The summed E-state index contributed by atoms with van der Waals surface area (Å²) in [5, 5.41) is 0. The molecule has 0 radical (unpaired) electrons. The molecule has 9 heteroatoms. The zero-order valence-corrected chi connectivity index (χ0v) is 18.9. The van der Waals surface area contributed by atoms with Gasteiger partial charge in [-0.25, -0.2) is 26.3 Å². The standard InChI is InChI=1S/C28H16F8O/c1-15-2-4-16(5-3-15)6-7-17-8-9-20(21(29)10-17)18-11-22(30)26(23(31)12-18)28(35,36)37-19-13-24(32)27(34)25(33)14-19/h2-14H,1H3/b7-6+. The molecule has 0 saturated carbocycles. The lowest BCUT2D eigenvalue weighted by Gasteiger charge is -2.20. The van der Waals surface area contributed by atoms with Crippen LogP contribution >= 0.6 is 0 Å². The summed E-state index contributed by atoms with van der Waals surface area (Å²) in [6.45, 7) is 1.93. The first-order chi connectivity index (χ1) is 17.4. The maximum Gasteiger partial charge on any atom is 0.432 e. The second-order valence-electron chi connectivity index (χ2n) is 8.12. The Balaban J connectivity index is 1.61. The van der Waals surface area contributed by atoms with Gasteiger partial charge < -0.3 is 4.74 Å². The van der Waals surface area contributed by atoms with Crippen LogP contribution in [0.2, 0.25) is 0 Å². The van der Waals surface area contributed by atoms with Gasteiger partial charge in [0.25, 0.3) is 0 Å². The fraction of sp³-hybridized carbons (Fsp3) is 0.0714. The van der Waals surface area contributed by atoms with E-state index in [1.165, 1.54) is 12.1 Å². The molecule has 190 valence electrons. The van der Waals surface area contributed by atoms with Gasteiger partial charge in [0.15, 0.2) is 17.5 Å². The van der Waals surface area contributed by atoms with Crippen LogP contribution < -0.4 is 4.74 Å². The fourth-order valence-electron chi connectivity index (χ4n) is 3.54. The largest absolute Gasteiger partial charge is 0.432 e. The van der Waals surface area contributed by atoms with Gasteiger partial charge in [0, 0.05) is 17.7 Å². The van der Waals surface area contributed by atoms with Gasteiger partial charge in [-0.15, -0.1) is 0 Å². The monoisotopic (exact) mass is 520 g/mol. The highest BCUT2D eigenvalue weighted by Gasteiger charge is 2.41. The molecule has 0 unspecified atom stereocenters. The number of alkyl halides is 2. The molecule has 37 heavy (non-hydrogen) atoms. The van der Waals surface area contributed by atoms with Crippen LogP contribution in [-0.2, 0) is 6.11 Å². The first-order valence-electron chi connectivity index (χ1n) is 10.7. The van der Waals surface area contributed by atoms with E-state index < -0.39 is 52.3 Å². The summed E-state index contributed by atoms with van der Waals surface area (Å²) in [5.41, 5.74) is -0.133. The van der Waals surface area contributed by atoms with Crippen molar-refractivity contribution in [1.82, 2.24) is 0 Å². The molecule has 4 rings (SSSR count). The van der Waals surface area contributed by atoms with Crippen LogP contribution in [0.4, 0.5) is 35.1 Å². The van der Waals surface area contributed by atoms with Crippen molar-refractivity contribution >= 4 is 12.2 Å². The molecule has 0 aliphatic carbocycles. The van der Waals surface area contributed by atoms with Crippen molar-refractivity contribution in [3.05, 3.63) is 124 Å². The lowest BCUT2D eigenvalue weighted by atomic mass is 10.00. The molecule has 0 atom stereocenters. The first-order valence-corrected chi connectivity index (χ1v) is 10.7. The van der Waals surface area contributed by atoms with Crippen LogP contribution in [0.1, 0.15) is 22.3 Å². The zero-order valence-electron chi connectivity index (χ0n) is 18.9. The average molecular weight is 520 g/mol. The van der Waals surface area contributed by atoms with Gasteiger partial charge in [0.2, 0.25) is 0 Å². The Kier molecular flexibility index (Phi) is 7.07. The lowest BCUT2D eigenvalue weighted by molar-refractivity contribution is -0.189. The summed E-state index contributed by atoms with van der Waals surface area (Å²) in [7, 11) is 0. The molecule has 0 aliphatic rings. The predicted molar refractivity (Wildman–Crippen MR) is 123 cm³/mol. The fourth-order valence-corrected chi connectivity index (χ4v) is 3.54. The molecular formula is C28H16F8O. The Morgan fingerprint density at radius 1 is 0.622 bits per heavy atom. The highest BCUT2D eigenvalue weighted by atomic mass is 19.3. The number of halogens is 8. The third-order valence-electron chi connectivity index (χ3n) is 5.39. The highest BCUT2D eigenvalue weighted by molar-refractivity contribution is 5.72. The molecule has 4 aromatic carbocycles. The van der Waals surface area contributed by atoms with Crippen molar-refractivity contribution in [3.8, 4) is 16.9 Å². The Hall–Kier alpha value is -4.14. The maximum atomic E-state index is 14.8. The Bertz CT molecular complexity index is 1450. The summed E-state index contributed by atoms with van der Waals surface area (Å²) in [6, 6.07) is 12.5. The average Bonchev–Trinajstić information content (AvgIpc) is 2.81. The van der Waals surface area contributed by atoms with Gasteiger partial charge in [0.05, 0.1) is 0 Å².